The maximum atomic E-state index is 9.50. The number of piperidine rings is 1. The van der Waals surface area contributed by atoms with Gasteiger partial charge in [0.15, 0.2) is 0 Å². The molecule has 4 heteroatoms. The molecule has 0 atom stereocenters. The van der Waals surface area contributed by atoms with Crippen LogP contribution in [0.3, 0.4) is 0 Å². The molecule has 1 heterocycles. The van der Waals surface area contributed by atoms with E-state index in [0.717, 1.165) is 30.9 Å². The predicted molar refractivity (Wildman–Crippen MR) is 156 cm³/mol. The molecule has 0 amide bonds. The molecule has 0 aromatic rings. The Morgan fingerprint density at radius 3 is 2.00 bits per heavy atom. The van der Waals surface area contributed by atoms with Gasteiger partial charge in [0, 0.05) is 25.2 Å². The minimum atomic E-state index is 0.204. The number of nitrogens with two attached hydrogens (primary N) is 1. The van der Waals surface area contributed by atoms with Crippen LogP contribution in [0, 0.1) is 17.8 Å². The molecule has 1 saturated heterocycles. The Bertz CT molecular complexity index is 608. The van der Waals surface area contributed by atoms with Crippen LogP contribution in [0.4, 0.5) is 0 Å². The van der Waals surface area contributed by atoms with Gasteiger partial charge in [-0.05, 0) is 62.4 Å². The summed E-state index contributed by atoms with van der Waals surface area (Å²) >= 11 is 0. The first kappa shape index (κ1) is 33.3. The summed E-state index contributed by atoms with van der Waals surface area (Å²) in [5.41, 5.74) is 8.36. The van der Waals surface area contributed by atoms with Crippen molar-refractivity contribution in [2.24, 2.45) is 28.5 Å². The highest BCUT2D eigenvalue weighted by Crippen LogP contribution is 2.21. The first-order chi connectivity index (χ1) is 17.0. The molecule has 0 radical (unpaired) electrons. The third-order valence-corrected chi connectivity index (χ3v) is 6.47. The Morgan fingerprint density at radius 2 is 1.60 bits per heavy atom. The van der Waals surface area contributed by atoms with Gasteiger partial charge in [0.1, 0.15) is 6.29 Å². The Kier molecular flexibility index (Phi) is 21.7. The second-order valence-electron chi connectivity index (χ2n) is 10.3. The molecular weight excluding hydrogens is 430 g/mol. The second kappa shape index (κ2) is 22.8. The molecule has 0 unspecified atom stereocenters. The molecule has 2 N–H and O–H groups in total. The standard InChI is InChI=1S/C19H31N3.C6H12.C4H8O.C2H6/c1-16(2)19(12-20)14-21-13-17-8-10-22(11-9-17)15-18-6-4-3-5-7-18;1-2-4-6-5-3-1;1-4(2)3-5;1-2/h3-4,6,12,14,16-17H,5,7-11,13,15,20H2,1-2H3;1-6H2;3-4H,1-2H3;1-2H3/b19-12+,21-14?;;;. The van der Waals surface area contributed by atoms with Crippen molar-refractivity contribution in [3.05, 3.63) is 35.6 Å². The van der Waals surface area contributed by atoms with Crippen LogP contribution < -0.4 is 5.73 Å². The molecule has 0 bridgehead atoms. The first-order valence-electron chi connectivity index (χ1n) is 14.4. The predicted octanol–water partition coefficient (Wildman–Crippen LogP) is 7.75. The molecule has 1 saturated carbocycles. The van der Waals surface area contributed by atoms with E-state index in [1.54, 1.807) is 11.8 Å². The SMILES string of the molecule is C1CCCCC1.CC.CC(C)/C(C=NCC1CCN(CC2=CC=CCC2)CC1)=C/N.CC(C)C=O. The summed E-state index contributed by atoms with van der Waals surface area (Å²) in [6, 6.07) is 0. The second-order valence-corrected chi connectivity index (χ2v) is 10.3. The average molecular weight is 488 g/mol. The highest BCUT2D eigenvalue weighted by atomic mass is 16.1. The van der Waals surface area contributed by atoms with E-state index in [1.807, 2.05) is 33.9 Å². The van der Waals surface area contributed by atoms with Crippen LogP contribution in [0.2, 0.25) is 0 Å². The average Bonchev–Trinajstić information content (AvgIpc) is 2.91. The van der Waals surface area contributed by atoms with Gasteiger partial charge in [-0.15, -0.1) is 0 Å². The Balaban J connectivity index is 0.000000728. The molecular formula is C31H57N3O. The van der Waals surface area contributed by atoms with Crippen molar-refractivity contribution < 1.29 is 4.79 Å². The number of aliphatic imine (C=N–C) groups is 1. The van der Waals surface area contributed by atoms with Crippen LogP contribution in [0.1, 0.15) is 106 Å². The molecule has 202 valence electrons. The molecule has 4 nitrogen and oxygen atoms in total. The van der Waals surface area contributed by atoms with Crippen LogP contribution >= 0.6 is 0 Å². The minimum Gasteiger partial charge on any atom is -0.404 e. The zero-order valence-electron chi connectivity index (χ0n) is 24.0. The number of allylic oxidation sites excluding steroid dienone is 4. The lowest BCUT2D eigenvalue weighted by Crippen LogP contribution is -2.36. The maximum absolute atomic E-state index is 9.50. The quantitative estimate of drug-likeness (QED) is 0.295. The number of aldehydes is 1. The van der Waals surface area contributed by atoms with Gasteiger partial charge in [-0.3, -0.25) is 9.89 Å². The third kappa shape index (κ3) is 18.3. The van der Waals surface area contributed by atoms with Gasteiger partial charge in [-0.2, -0.15) is 0 Å². The monoisotopic (exact) mass is 487 g/mol. The van der Waals surface area contributed by atoms with Crippen molar-refractivity contribution in [2.45, 2.75) is 106 Å². The van der Waals surface area contributed by atoms with Gasteiger partial charge in [-0.25, -0.2) is 0 Å². The lowest BCUT2D eigenvalue weighted by molar-refractivity contribution is -0.110. The van der Waals surface area contributed by atoms with Crippen molar-refractivity contribution >= 4 is 12.5 Å². The minimum absolute atomic E-state index is 0.204. The van der Waals surface area contributed by atoms with Crippen LogP contribution in [-0.4, -0.2) is 43.6 Å². The van der Waals surface area contributed by atoms with Crippen LogP contribution in [0.5, 0.6) is 0 Å². The normalized spacial score (nSPS) is 19.2. The van der Waals surface area contributed by atoms with Gasteiger partial charge < -0.3 is 10.5 Å². The van der Waals surface area contributed by atoms with Crippen molar-refractivity contribution in [3.8, 4) is 0 Å². The Morgan fingerprint density at radius 1 is 1.06 bits per heavy atom. The third-order valence-electron chi connectivity index (χ3n) is 6.47. The lowest BCUT2D eigenvalue weighted by atomic mass is 9.95. The summed E-state index contributed by atoms with van der Waals surface area (Å²) in [7, 11) is 0. The van der Waals surface area contributed by atoms with Crippen LogP contribution in [-0.2, 0) is 4.79 Å². The summed E-state index contributed by atoms with van der Waals surface area (Å²) in [6.45, 7) is 16.5. The molecule has 3 rings (SSSR count). The highest BCUT2D eigenvalue weighted by molar-refractivity contribution is 5.78. The number of hydrogen-bond acceptors (Lipinski definition) is 4. The molecule has 2 aliphatic carbocycles. The summed E-state index contributed by atoms with van der Waals surface area (Å²) in [4.78, 5) is 16.7. The fourth-order valence-corrected chi connectivity index (χ4v) is 4.15. The Labute approximate surface area is 218 Å². The molecule has 0 aromatic heterocycles. The van der Waals surface area contributed by atoms with Gasteiger partial charge in [0.25, 0.3) is 0 Å². The van der Waals surface area contributed by atoms with E-state index in [1.165, 1.54) is 77.3 Å². The smallest absolute Gasteiger partial charge is 0.122 e. The highest BCUT2D eigenvalue weighted by Gasteiger charge is 2.19. The number of carbonyl (C=O) groups is 1. The van der Waals surface area contributed by atoms with E-state index < -0.39 is 0 Å². The lowest BCUT2D eigenvalue weighted by Gasteiger charge is -2.32. The van der Waals surface area contributed by atoms with Crippen LogP contribution in [0.15, 0.2) is 40.6 Å². The molecule has 35 heavy (non-hydrogen) atoms. The number of nitrogens with zero attached hydrogens (tertiary/aromatic N) is 2. The van der Waals surface area contributed by atoms with Crippen molar-refractivity contribution in [1.82, 2.24) is 4.90 Å². The molecule has 0 spiro atoms. The van der Waals surface area contributed by atoms with Crippen molar-refractivity contribution in [1.29, 1.82) is 0 Å². The zero-order chi connectivity index (χ0) is 26.3. The van der Waals surface area contributed by atoms with Gasteiger partial charge >= 0.3 is 0 Å². The number of carbonyl (C=O) groups excluding carboxylic acids is 1. The van der Waals surface area contributed by atoms with E-state index in [2.05, 4.69) is 42.0 Å². The number of rotatable bonds is 7. The maximum Gasteiger partial charge on any atom is 0.122 e. The molecule has 2 fully saturated rings. The number of likely N-dealkylation sites (tertiary alicyclic amines) is 1. The van der Waals surface area contributed by atoms with Crippen molar-refractivity contribution in [3.63, 3.8) is 0 Å². The molecule has 0 aromatic carbocycles. The number of hydrogen-bond donors (Lipinski definition) is 1. The summed E-state index contributed by atoms with van der Waals surface area (Å²) in [5.74, 6) is 1.39. The zero-order valence-corrected chi connectivity index (χ0v) is 24.0. The topological polar surface area (TPSA) is 58.7 Å². The summed E-state index contributed by atoms with van der Waals surface area (Å²) in [6.07, 6.45) is 25.3. The van der Waals surface area contributed by atoms with Crippen LogP contribution in [0.25, 0.3) is 0 Å². The first-order valence-corrected chi connectivity index (χ1v) is 14.4. The fourth-order valence-electron chi connectivity index (χ4n) is 4.15. The largest absolute Gasteiger partial charge is 0.404 e. The van der Waals surface area contributed by atoms with Gasteiger partial charge in [-0.1, -0.05) is 104 Å². The fraction of sp³-hybridized carbons (Fsp3) is 0.742. The molecule has 3 aliphatic rings. The van der Waals surface area contributed by atoms with E-state index in [4.69, 9.17) is 5.73 Å². The van der Waals surface area contributed by atoms with Gasteiger partial charge in [0.2, 0.25) is 0 Å². The van der Waals surface area contributed by atoms with Crippen molar-refractivity contribution in [2.75, 3.05) is 26.2 Å². The van der Waals surface area contributed by atoms with Gasteiger partial charge in [0.05, 0.1) is 0 Å². The Hall–Kier alpha value is -1.68. The van der Waals surface area contributed by atoms with E-state index in [9.17, 15) is 4.79 Å². The van der Waals surface area contributed by atoms with E-state index in [-0.39, 0.29) is 5.92 Å². The summed E-state index contributed by atoms with van der Waals surface area (Å²) < 4.78 is 0. The molecule has 1 aliphatic heterocycles. The van der Waals surface area contributed by atoms with E-state index >= 15 is 0 Å². The summed E-state index contributed by atoms with van der Waals surface area (Å²) in [5, 5.41) is 0. The van der Waals surface area contributed by atoms with E-state index in [0.29, 0.717) is 5.92 Å².